The predicted molar refractivity (Wildman–Crippen MR) is 63.3 cm³/mol. The maximum atomic E-state index is 5.63. The lowest BCUT2D eigenvalue weighted by Crippen LogP contribution is -2.00. The van der Waals surface area contributed by atoms with Crippen LogP contribution in [0.1, 0.15) is 5.69 Å². The second kappa shape index (κ2) is 3.54. The zero-order valence-corrected chi connectivity index (χ0v) is 9.38. The number of hydrogen-bond donors (Lipinski definition) is 1. The highest BCUT2D eigenvalue weighted by atomic mass is 32.2. The van der Waals surface area contributed by atoms with Crippen LogP contribution in [0.4, 0.5) is 5.95 Å². The van der Waals surface area contributed by atoms with Crippen LogP contribution in [0.25, 0.3) is 16.1 Å². The highest BCUT2D eigenvalue weighted by molar-refractivity contribution is 8.07. The number of thioether (sulfide) groups is 1. The first kappa shape index (κ1) is 9.97. The van der Waals surface area contributed by atoms with Crippen molar-refractivity contribution >= 4 is 33.8 Å². The van der Waals surface area contributed by atoms with E-state index >= 15 is 0 Å². The molecule has 0 atom stereocenters. The van der Waals surface area contributed by atoms with Crippen LogP contribution in [0, 0.1) is 0 Å². The van der Waals surface area contributed by atoms with Crippen LogP contribution in [0.15, 0.2) is 12.9 Å². The molecule has 0 amide bonds. The molecule has 0 spiro atoms. The first-order chi connectivity index (χ1) is 7.13. The van der Waals surface area contributed by atoms with Gasteiger partial charge in [0.25, 0.3) is 0 Å². The number of imidazole rings is 1. The Morgan fingerprint density at radius 3 is 2.93 bits per heavy atom. The number of anilines is 1. The van der Waals surface area contributed by atoms with E-state index in [1.165, 1.54) is 11.8 Å². The molecule has 0 bridgehead atoms. The maximum Gasteiger partial charge on any atom is 0.222 e. The van der Waals surface area contributed by atoms with Crippen molar-refractivity contribution in [3.63, 3.8) is 0 Å². The van der Waals surface area contributed by atoms with E-state index in [4.69, 9.17) is 5.73 Å². The number of nitrogens with two attached hydrogens (primary N) is 1. The minimum absolute atomic E-state index is 0.247. The summed E-state index contributed by atoms with van der Waals surface area (Å²) in [6.07, 6.45) is 3.63. The molecule has 0 fully saturated rings. The molecule has 2 rings (SSSR count). The number of hydrogen-bond acceptors (Lipinski definition) is 5. The minimum atomic E-state index is 0.247. The minimum Gasteiger partial charge on any atom is -0.368 e. The Morgan fingerprint density at radius 2 is 2.27 bits per heavy atom. The van der Waals surface area contributed by atoms with Gasteiger partial charge in [0.1, 0.15) is 11.2 Å². The van der Waals surface area contributed by atoms with E-state index in [9.17, 15) is 0 Å². The number of nitrogen functional groups attached to an aromatic ring is 1. The van der Waals surface area contributed by atoms with Crippen LogP contribution >= 0.6 is 11.8 Å². The number of fused-ring (bicyclic) bond motifs is 1. The van der Waals surface area contributed by atoms with Gasteiger partial charge in [0.2, 0.25) is 5.95 Å². The third-order valence-electron chi connectivity index (χ3n) is 2.09. The van der Waals surface area contributed by atoms with Gasteiger partial charge in [0.15, 0.2) is 5.65 Å². The first-order valence-corrected chi connectivity index (χ1v) is 5.53. The Bertz CT molecular complexity index is 531. The summed E-state index contributed by atoms with van der Waals surface area (Å²) in [6, 6.07) is 0. The normalized spacial score (nSPS) is 10.8. The van der Waals surface area contributed by atoms with Crippen LogP contribution in [-0.2, 0) is 7.05 Å². The van der Waals surface area contributed by atoms with Gasteiger partial charge in [-0.3, -0.25) is 0 Å². The molecule has 0 saturated carbocycles. The van der Waals surface area contributed by atoms with E-state index in [1.807, 2.05) is 17.9 Å². The van der Waals surface area contributed by atoms with Gasteiger partial charge in [-0.25, -0.2) is 9.97 Å². The summed E-state index contributed by atoms with van der Waals surface area (Å²) in [6.45, 7) is 3.91. The van der Waals surface area contributed by atoms with Gasteiger partial charge in [-0.05, 0) is 6.26 Å². The lowest BCUT2D eigenvalue weighted by molar-refractivity contribution is 0.929. The average Bonchev–Trinajstić information content (AvgIpc) is 2.58. The highest BCUT2D eigenvalue weighted by Crippen LogP contribution is 2.26. The summed E-state index contributed by atoms with van der Waals surface area (Å²) >= 11 is 1.52. The second-order valence-corrected chi connectivity index (χ2v) is 3.99. The number of nitrogens with zero attached hydrogens (tertiary/aromatic N) is 4. The molecule has 6 heteroatoms. The van der Waals surface area contributed by atoms with Crippen molar-refractivity contribution in [2.75, 3.05) is 12.0 Å². The van der Waals surface area contributed by atoms with Gasteiger partial charge in [0.05, 0.1) is 6.33 Å². The summed E-state index contributed by atoms with van der Waals surface area (Å²) in [7, 11) is 1.87. The van der Waals surface area contributed by atoms with Crippen LogP contribution < -0.4 is 5.73 Å². The van der Waals surface area contributed by atoms with Crippen molar-refractivity contribution < 1.29 is 0 Å². The van der Waals surface area contributed by atoms with Crippen molar-refractivity contribution in [3.8, 4) is 0 Å². The van der Waals surface area contributed by atoms with Gasteiger partial charge >= 0.3 is 0 Å². The number of aromatic nitrogens is 4. The van der Waals surface area contributed by atoms with Gasteiger partial charge in [-0.15, -0.1) is 11.8 Å². The number of aryl methyl sites for hydroxylation is 1. The molecule has 0 unspecified atom stereocenters. The van der Waals surface area contributed by atoms with Crippen molar-refractivity contribution in [2.45, 2.75) is 0 Å². The average molecular weight is 221 g/mol. The fourth-order valence-electron chi connectivity index (χ4n) is 1.31. The maximum absolute atomic E-state index is 5.63. The Balaban J connectivity index is 2.78. The van der Waals surface area contributed by atoms with E-state index in [2.05, 4.69) is 21.5 Å². The third-order valence-corrected chi connectivity index (χ3v) is 2.77. The summed E-state index contributed by atoms with van der Waals surface area (Å²) < 4.78 is 1.81. The van der Waals surface area contributed by atoms with Crippen molar-refractivity contribution in [3.05, 3.63) is 18.6 Å². The Labute approximate surface area is 91.4 Å². The Kier molecular flexibility index (Phi) is 2.36. The zero-order chi connectivity index (χ0) is 11.0. The smallest absolute Gasteiger partial charge is 0.222 e. The fourth-order valence-corrected chi connectivity index (χ4v) is 1.65. The van der Waals surface area contributed by atoms with Gasteiger partial charge in [-0.1, -0.05) is 6.58 Å². The standard InChI is InChI=1S/C9H11N5S/c1-5(15-3)6-7-8(13-9(10)12-6)14(2)4-11-7/h4H,1H2,2-3H3,(H2,10,12,13). The fraction of sp³-hybridized carbons (Fsp3) is 0.222. The van der Waals surface area contributed by atoms with Crippen LogP contribution in [0.2, 0.25) is 0 Å². The molecule has 0 radical (unpaired) electrons. The highest BCUT2D eigenvalue weighted by Gasteiger charge is 2.12. The van der Waals surface area contributed by atoms with E-state index in [-0.39, 0.29) is 5.95 Å². The molecule has 2 N–H and O–H groups in total. The molecular weight excluding hydrogens is 210 g/mol. The molecule has 2 aromatic heterocycles. The molecule has 2 aromatic rings. The topological polar surface area (TPSA) is 69.6 Å². The van der Waals surface area contributed by atoms with E-state index < -0.39 is 0 Å². The van der Waals surface area contributed by atoms with Gasteiger partial charge < -0.3 is 10.3 Å². The van der Waals surface area contributed by atoms with Gasteiger partial charge in [0, 0.05) is 12.0 Å². The van der Waals surface area contributed by atoms with Crippen molar-refractivity contribution in [1.82, 2.24) is 19.5 Å². The van der Waals surface area contributed by atoms with E-state index in [0.29, 0.717) is 5.69 Å². The van der Waals surface area contributed by atoms with Gasteiger partial charge in [-0.2, -0.15) is 4.98 Å². The van der Waals surface area contributed by atoms with Crippen LogP contribution in [-0.4, -0.2) is 25.8 Å². The molecule has 0 saturated heterocycles. The molecule has 2 heterocycles. The SMILES string of the molecule is C=C(SC)c1nc(N)nc2c1ncn2C. The molecule has 0 aliphatic heterocycles. The molecule has 15 heavy (non-hydrogen) atoms. The van der Waals surface area contributed by atoms with Crippen LogP contribution in [0.3, 0.4) is 0 Å². The summed E-state index contributed by atoms with van der Waals surface area (Å²) in [5.41, 5.74) is 7.82. The lowest BCUT2D eigenvalue weighted by atomic mass is 10.3. The molecule has 5 nitrogen and oxygen atoms in total. The summed E-state index contributed by atoms with van der Waals surface area (Å²) in [5, 5.41) is 0. The van der Waals surface area contributed by atoms with Crippen molar-refractivity contribution in [2.24, 2.45) is 7.05 Å². The van der Waals surface area contributed by atoms with E-state index in [0.717, 1.165) is 16.1 Å². The molecule has 78 valence electrons. The monoisotopic (exact) mass is 221 g/mol. The quantitative estimate of drug-likeness (QED) is 0.827. The first-order valence-electron chi connectivity index (χ1n) is 4.31. The summed E-state index contributed by atoms with van der Waals surface area (Å²) in [5.74, 6) is 0.247. The molecule has 0 aliphatic carbocycles. The third kappa shape index (κ3) is 1.56. The van der Waals surface area contributed by atoms with E-state index in [1.54, 1.807) is 6.33 Å². The number of rotatable bonds is 2. The predicted octanol–water partition coefficient (Wildman–Crippen LogP) is 1.28. The second-order valence-electron chi connectivity index (χ2n) is 3.09. The largest absolute Gasteiger partial charge is 0.368 e. The van der Waals surface area contributed by atoms with Crippen molar-refractivity contribution in [1.29, 1.82) is 0 Å². The lowest BCUT2D eigenvalue weighted by Gasteiger charge is -2.03. The zero-order valence-electron chi connectivity index (χ0n) is 8.56. The summed E-state index contributed by atoms with van der Waals surface area (Å²) in [4.78, 5) is 13.4. The Hall–Kier alpha value is -1.56. The molecule has 0 aliphatic rings. The van der Waals surface area contributed by atoms with Crippen LogP contribution in [0.5, 0.6) is 0 Å². The molecule has 0 aromatic carbocycles. The Morgan fingerprint density at radius 1 is 1.53 bits per heavy atom. The molecular formula is C9H11N5S.